The van der Waals surface area contributed by atoms with Crippen LogP contribution < -0.4 is 4.72 Å². The molecule has 0 spiro atoms. The van der Waals surface area contributed by atoms with E-state index in [2.05, 4.69) is 11.1 Å². The van der Waals surface area contributed by atoms with Crippen LogP contribution >= 0.6 is 0 Å². The summed E-state index contributed by atoms with van der Waals surface area (Å²) in [5.41, 5.74) is 1.35. The molecule has 0 bridgehead atoms. The van der Waals surface area contributed by atoms with Crippen LogP contribution in [0.15, 0.2) is 41.4 Å². The van der Waals surface area contributed by atoms with E-state index in [4.69, 9.17) is 0 Å². The lowest BCUT2D eigenvalue weighted by Gasteiger charge is -2.18. The molecule has 1 aliphatic rings. The summed E-state index contributed by atoms with van der Waals surface area (Å²) >= 11 is 0. The number of pyridine rings is 1. The molecule has 2 aromatic heterocycles. The van der Waals surface area contributed by atoms with Crippen molar-refractivity contribution in [2.75, 3.05) is 13.3 Å². The Morgan fingerprint density at radius 1 is 1.19 bits per heavy atom. The number of alkyl halides is 2. The summed E-state index contributed by atoms with van der Waals surface area (Å²) in [5.74, 6) is -0.441. The fourth-order valence-corrected chi connectivity index (χ4v) is 5.42. The summed E-state index contributed by atoms with van der Waals surface area (Å²) in [4.78, 5) is 3.98. The number of para-hydroxylation sites is 1. The molecule has 0 atom stereocenters. The first-order valence-corrected chi connectivity index (χ1v) is 11.7. The Kier molecular flexibility index (Phi) is 6.22. The lowest BCUT2D eigenvalue weighted by molar-refractivity contribution is 0.334. The zero-order chi connectivity index (χ0) is 22.9. The smallest absolute Gasteiger partial charge is 0.242 e. The van der Waals surface area contributed by atoms with Gasteiger partial charge >= 0.3 is 0 Å². The molecule has 4 rings (SSSR count). The largest absolute Gasteiger partial charge is 0.333 e. The van der Waals surface area contributed by atoms with Crippen molar-refractivity contribution in [1.82, 2.24) is 14.3 Å². The average molecular weight is 462 g/mol. The molecule has 0 saturated heterocycles. The zero-order valence-corrected chi connectivity index (χ0v) is 17.9. The fourth-order valence-electron chi connectivity index (χ4n) is 4.29. The van der Waals surface area contributed by atoms with Crippen molar-refractivity contribution in [3.63, 3.8) is 0 Å². The second-order valence-corrected chi connectivity index (χ2v) is 9.50. The first kappa shape index (κ1) is 22.3. The number of rotatable bonds is 7. The van der Waals surface area contributed by atoms with Gasteiger partial charge in [0, 0.05) is 17.6 Å². The third-order valence-corrected chi connectivity index (χ3v) is 7.27. The summed E-state index contributed by atoms with van der Waals surface area (Å²) < 4.78 is 68.9. The van der Waals surface area contributed by atoms with Crippen LogP contribution in [0.2, 0.25) is 0 Å². The molecule has 1 saturated carbocycles. The number of halogens is 3. The Balaban J connectivity index is 1.84. The Morgan fingerprint density at radius 2 is 1.91 bits per heavy atom. The number of fused-ring (bicyclic) bond motifs is 1. The van der Waals surface area contributed by atoms with Crippen LogP contribution in [-0.4, -0.2) is 37.4 Å². The van der Waals surface area contributed by atoms with Gasteiger partial charge in [0.1, 0.15) is 30.1 Å². The van der Waals surface area contributed by atoms with E-state index in [0.29, 0.717) is 22.3 Å². The predicted molar refractivity (Wildman–Crippen MR) is 113 cm³/mol. The molecule has 1 aliphatic carbocycles. The van der Waals surface area contributed by atoms with E-state index in [9.17, 15) is 26.9 Å². The number of hydrogen-bond acceptors (Lipinski definition) is 4. The van der Waals surface area contributed by atoms with Crippen molar-refractivity contribution < 1.29 is 21.6 Å². The van der Waals surface area contributed by atoms with E-state index in [-0.39, 0.29) is 16.5 Å². The van der Waals surface area contributed by atoms with E-state index in [1.807, 2.05) is 9.29 Å². The van der Waals surface area contributed by atoms with E-state index in [0.717, 1.165) is 31.9 Å². The quantitative estimate of drug-likeness (QED) is 0.563. The molecule has 0 radical (unpaired) electrons. The number of nitrogens with one attached hydrogen (secondary N) is 1. The maximum Gasteiger partial charge on any atom is 0.242 e. The van der Waals surface area contributed by atoms with E-state index >= 15 is 0 Å². The molecule has 0 amide bonds. The van der Waals surface area contributed by atoms with Gasteiger partial charge < -0.3 is 4.57 Å². The van der Waals surface area contributed by atoms with Gasteiger partial charge in [0.25, 0.3) is 0 Å². The Labute approximate surface area is 183 Å². The molecule has 1 N–H and O–H groups in total. The zero-order valence-electron chi connectivity index (χ0n) is 17.1. The molecule has 168 valence electrons. The number of nitriles is 1. The number of aromatic nitrogens is 2. The van der Waals surface area contributed by atoms with Gasteiger partial charge in [-0.1, -0.05) is 25.0 Å². The summed E-state index contributed by atoms with van der Waals surface area (Å²) in [5, 5.41) is 10.3. The topological polar surface area (TPSA) is 87.8 Å². The molecule has 10 heteroatoms. The Hall–Kier alpha value is -2.90. The molecule has 6 nitrogen and oxygen atoms in total. The van der Waals surface area contributed by atoms with Crippen LogP contribution in [0.1, 0.15) is 37.3 Å². The van der Waals surface area contributed by atoms with Crippen molar-refractivity contribution in [2.45, 2.75) is 42.7 Å². The monoisotopic (exact) mass is 462 g/mol. The van der Waals surface area contributed by atoms with Gasteiger partial charge in [-0.3, -0.25) is 4.98 Å². The minimum Gasteiger partial charge on any atom is -0.333 e. The van der Waals surface area contributed by atoms with Crippen LogP contribution in [-0.2, 0) is 10.0 Å². The van der Waals surface area contributed by atoms with Crippen molar-refractivity contribution in [3.8, 4) is 17.5 Å². The molecule has 1 aromatic carbocycles. The van der Waals surface area contributed by atoms with Gasteiger partial charge in [0.2, 0.25) is 10.0 Å². The fraction of sp³-hybridized carbons (Fsp3) is 0.364. The SMILES string of the molecule is N#Cc1c(-c2ccc(S(=O)(=O)NC(CF)CF)cn2)n(C2CCCC2)c2c(F)cccc12. The number of benzene rings is 1. The summed E-state index contributed by atoms with van der Waals surface area (Å²) in [6.07, 6.45) is 4.71. The van der Waals surface area contributed by atoms with Gasteiger partial charge in [0.15, 0.2) is 0 Å². The highest BCUT2D eigenvalue weighted by Gasteiger charge is 2.29. The van der Waals surface area contributed by atoms with Crippen molar-refractivity contribution in [3.05, 3.63) is 47.9 Å². The minimum absolute atomic E-state index is 0.00626. The normalized spacial score (nSPS) is 15.0. The van der Waals surface area contributed by atoms with Gasteiger partial charge in [0.05, 0.1) is 28.5 Å². The molecular formula is C22H21F3N4O2S. The first-order valence-electron chi connectivity index (χ1n) is 10.2. The highest BCUT2D eigenvalue weighted by atomic mass is 32.2. The summed E-state index contributed by atoms with van der Waals surface area (Å²) in [7, 11) is -4.18. The van der Waals surface area contributed by atoms with Crippen molar-refractivity contribution in [2.24, 2.45) is 0 Å². The second-order valence-electron chi connectivity index (χ2n) is 7.79. The summed E-state index contributed by atoms with van der Waals surface area (Å²) in [6.45, 7) is -2.36. The maximum absolute atomic E-state index is 14.9. The van der Waals surface area contributed by atoms with Crippen molar-refractivity contribution >= 4 is 20.9 Å². The van der Waals surface area contributed by atoms with Gasteiger partial charge in [-0.25, -0.2) is 26.3 Å². The summed E-state index contributed by atoms with van der Waals surface area (Å²) in [6, 6.07) is 7.93. The van der Waals surface area contributed by atoms with Gasteiger partial charge in [-0.2, -0.15) is 5.26 Å². The first-order chi connectivity index (χ1) is 15.4. The van der Waals surface area contributed by atoms with E-state index in [1.54, 1.807) is 12.1 Å². The second kappa shape index (κ2) is 8.92. The third kappa shape index (κ3) is 3.87. The van der Waals surface area contributed by atoms with E-state index in [1.165, 1.54) is 18.2 Å². The standard InChI is InChI=1S/C22H21F3N4O2S/c23-10-14(11-24)28-32(30,31)16-8-9-20(27-13-16)22-18(12-26)17-6-3-7-19(25)21(17)29(22)15-4-1-2-5-15/h3,6-9,13-15,28H,1-2,4-5,10-11H2. The van der Waals surface area contributed by atoms with Gasteiger partial charge in [-0.15, -0.1) is 0 Å². The lowest BCUT2D eigenvalue weighted by Crippen LogP contribution is -2.37. The molecule has 0 aliphatic heterocycles. The highest BCUT2D eigenvalue weighted by molar-refractivity contribution is 7.89. The number of sulfonamides is 1. The molecular weight excluding hydrogens is 441 g/mol. The molecule has 3 aromatic rings. The number of nitrogens with zero attached hydrogens (tertiary/aromatic N) is 3. The highest BCUT2D eigenvalue weighted by Crippen LogP contribution is 2.41. The molecule has 0 unspecified atom stereocenters. The minimum atomic E-state index is -4.18. The third-order valence-electron chi connectivity index (χ3n) is 5.76. The number of hydrogen-bond donors (Lipinski definition) is 1. The molecule has 32 heavy (non-hydrogen) atoms. The van der Waals surface area contributed by atoms with Crippen LogP contribution in [0.3, 0.4) is 0 Å². The van der Waals surface area contributed by atoms with Crippen LogP contribution in [0.4, 0.5) is 13.2 Å². The van der Waals surface area contributed by atoms with E-state index < -0.39 is 35.2 Å². The molecule has 2 heterocycles. The Morgan fingerprint density at radius 3 is 2.50 bits per heavy atom. The van der Waals surface area contributed by atoms with Crippen LogP contribution in [0.5, 0.6) is 0 Å². The van der Waals surface area contributed by atoms with Gasteiger partial charge in [-0.05, 0) is 31.0 Å². The molecule has 1 fully saturated rings. The predicted octanol–water partition coefficient (Wildman–Crippen LogP) is 4.42. The lowest BCUT2D eigenvalue weighted by atomic mass is 10.1. The average Bonchev–Trinajstić information content (AvgIpc) is 3.43. The Bertz CT molecular complexity index is 1270. The van der Waals surface area contributed by atoms with Crippen molar-refractivity contribution in [1.29, 1.82) is 5.26 Å². The van der Waals surface area contributed by atoms with Crippen LogP contribution in [0.25, 0.3) is 22.3 Å². The maximum atomic E-state index is 14.9. The van der Waals surface area contributed by atoms with Crippen LogP contribution in [0, 0.1) is 17.1 Å².